The minimum absolute atomic E-state index is 0.212. The third kappa shape index (κ3) is 10.2. The van der Waals surface area contributed by atoms with Crippen LogP contribution in [0.25, 0.3) is 0 Å². The fourth-order valence-corrected chi connectivity index (χ4v) is 1.04. The van der Waals surface area contributed by atoms with Crippen LogP contribution in [0.3, 0.4) is 0 Å². The molecular formula is C13H16O4. The van der Waals surface area contributed by atoms with Crippen LogP contribution in [0, 0.1) is 0 Å². The summed E-state index contributed by atoms with van der Waals surface area (Å²) in [6, 6.07) is 9.62. The first-order valence-electron chi connectivity index (χ1n) is 5.17. The van der Waals surface area contributed by atoms with Crippen molar-refractivity contribution in [3.8, 4) is 0 Å². The van der Waals surface area contributed by atoms with E-state index in [2.05, 4.69) is 0 Å². The van der Waals surface area contributed by atoms with Gasteiger partial charge in [-0.3, -0.25) is 4.79 Å². The van der Waals surface area contributed by atoms with Crippen molar-refractivity contribution in [3.05, 3.63) is 48.0 Å². The third-order valence-corrected chi connectivity index (χ3v) is 1.78. The molecule has 1 aromatic rings. The SMILES string of the molecule is CC=CC(=O)O.O=C(O)CCc1ccccc1. The van der Waals surface area contributed by atoms with E-state index in [1.54, 1.807) is 6.92 Å². The quantitative estimate of drug-likeness (QED) is 0.787. The van der Waals surface area contributed by atoms with E-state index in [1.807, 2.05) is 30.3 Å². The first-order valence-corrected chi connectivity index (χ1v) is 5.17. The zero-order valence-electron chi connectivity index (χ0n) is 9.67. The summed E-state index contributed by atoms with van der Waals surface area (Å²) in [4.78, 5) is 19.7. The van der Waals surface area contributed by atoms with Crippen LogP contribution in [-0.4, -0.2) is 22.2 Å². The summed E-state index contributed by atoms with van der Waals surface area (Å²) in [6.07, 6.45) is 3.39. The lowest BCUT2D eigenvalue weighted by Crippen LogP contribution is -1.96. The van der Waals surface area contributed by atoms with Gasteiger partial charge in [-0.15, -0.1) is 0 Å². The molecule has 0 saturated carbocycles. The van der Waals surface area contributed by atoms with Crippen molar-refractivity contribution >= 4 is 11.9 Å². The van der Waals surface area contributed by atoms with Gasteiger partial charge in [0.2, 0.25) is 0 Å². The average molecular weight is 236 g/mol. The second-order valence-corrected chi connectivity index (χ2v) is 3.22. The number of rotatable bonds is 4. The van der Waals surface area contributed by atoms with Crippen molar-refractivity contribution in [1.29, 1.82) is 0 Å². The van der Waals surface area contributed by atoms with Crippen LogP contribution >= 0.6 is 0 Å². The fourth-order valence-electron chi connectivity index (χ4n) is 1.04. The fraction of sp³-hybridized carbons (Fsp3) is 0.231. The highest BCUT2D eigenvalue weighted by molar-refractivity contribution is 5.79. The number of hydrogen-bond acceptors (Lipinski definition) is 2. The number of carboxylic acids is 2. The molecule has 0 aliphatic rings. The van der Waals surface area contributed by atoms with Crippen LogP contribution < -0.4 is 0 Å². The summed E-state index contributed by atoms with van der Waals surface area (Å²) < 4.78 is 0. The van der Waals surface area contributed by atoms with Gasteiger partial charge in [0.1, 0.15) is 0 Å². The minimum Gasteiger partial charge on any atom is -0.481 e. The highest BCUT2D eigenvalue weighted by atomic mass is 16.4. The van der Waals surface area contributed by atoms with Crippen molar-refractivity contribution in [2.75, 3.05) is 0 Å². The van der Waals surface area contributed by atoms with Crippen LogP contribution in [0.1, 0.15) is 18.9 Å². The Balaban J connectivity index is 0.000000366. The van der Waals surface area contributed by atoms with Crippen molar-refractivity contribution < 1.29 is 19.8 Å². The number of carboxylic acid groups (broad SMARTS) is 2. The van der Waals surface area contributed by atoms with Gasteiger partial charge in [-0.25, -0.2) is 4.79 Å². The molecule has 17 heavy (non-hydrogen) atoms. The molecule has 2 N–H and O–H groups in total. The maximum atomic E-state index is 10.2. The van der Waals surface area contributed by atoms with E-state index in [0.29, 0.717) is 6.42 Å². The molecule has 0 saturated heterocycles. The molecule has 0 spiro atoms. The Kier molecular flexibility index (Phi) is 8.02. The van der Waals surface area contributed by atoms with E-state index in [9.17, 15) is 9.59 Å². The Morgan fingerprint density at radius 3 is 2.12 bits per heavy atom. The largest absolute Gasteiger partial charge is 0.481 e. The molecular weight excluding hydrogens is 220 g/mol. The van der Waals surface area contributed by atoms with Gasteiger partial charge < -0.3 is 10.2 Å². The zero-order chi connectivity index (χ0) is 13.1. The summed E-state index contributed by atoms with van der Waals surface area (Å²) in [7, 11) is 0. The van der Waals surface area contributed by atoms with Gasteiger partial charge in [-0.05, 0) is 18.9 Å². The van der Waals surface area contributed by atoms with Crippen molar-refractivity contribution in [2.24, 2.45) is 0 Å². The molecule has 1 rings (SSSR count). The van der Waals surface area contributed by atoms with E-state index in [0.717, 1.165) is 11.6 Å². The van der Waals surface area contributed by atoms with E-state index in [1.165, 1.54) is 6.08 Å². The first kappa shape index (κ1) is 14.9. The van der Waals surface area contributed by atoms with Gasteiger partial charge in [-0.2, -0.15) is 0 Å². The number of aryl methyl sites for hydroxylation is 1. The lowest BCUT2D eigenvalue weighted by Gasteiger charge is -1.95. The number of allylic oxidation sites excluding steroid dienone is 1. The average Bonchev–Trinajstić information content (AvgIpc) is 2.28. The molecule has 1 aromatic carbocycles. The normalized spacial score (nSPS) is 9.47. The van der Waals surface area contributed by atoms with E-state index >= 15 is 0 Å². The molecule has 0 unspecified atom stereocenters. The Morgan fingerprint density at radius 2 is 1.76 bits per heavy atom. The molecule has 0 radical (unpaired) electrons. The van der Waals surface area contributed by atoms with Crippen LogP contribution in [-0.2, 0) is 16.0 Å². The molecule has 0 amide bonds. The van der Waals surface area contributed by atoms with Crippen LogP contribution in [0.2, 0.25) is 0 Å². The molecule has 4 nitrogen and oxygen atoms in total. The molecule has 0 aliphatic heterocycles. The molecule has 0 aromatic heterocycles. The van der Waals surface area contributed by atoms with Crippen molar-refractivity contribution in [2.45, 2.75) is 19.8 Å². The maximum absolute atomic E-state index is 10.2. The topological polar surface area (TPSA) is 74.6 Å². The van der Waals surface area contributed by atoms with Gasteiger partial charge >= 0.3 is 11.9 Å². The van der Waals surface area contributed by atoms with E-state index < -0.39 is 11.9 Å². The Labute approximate surface area is 100 Å². The Hall–Kier alpha value is -2.10. The lowest BCUT2D eigenvalue weighted by atomic mass is 10.1. The molecule has 0 heterocycles. The predicted octanol–water partition coefficient (Wildman–Crippen LogP) is 2.35. The Bertz CT molecular complexity index is 368. The summed E-state index contributed by atoms with van der Waals surface area (Å²) in [5.41, 5.74) is 1.08. The van der Waals surface area contributed by atoms with E-state index in [-0.39, 0.29) is 6.42 Å². The molecule has 0 aliphatic carbocycles. The van der Waals surface area contributed by atoms with Gasteiger partial charge in [0.25, 0.3) is 0 Å². The molecule has 0 fully saturated rings. The number of benzene rings is 1. The highest BCUT2D eigenvalue weighted by Gasteiger charge is 1.96. The van der Waals surface area contributed by atoms with Crippen molar-refractivity contribution in [1.82, 2.24) is 0 Å². The van der Waals surface area contributed by atoms with Gasteiger partial charge in [0, 0.05) is 12.5 Å². The molecule has 0 atom stereocenters. The second-order valence-electron chi connectivity index (χ2n) is 3.22. The first-order chi connectivity index (χ1) is 8.06. The third-order valence-electron chi connectivity index (χ3n) is 1.78. The van der Waals surface area contributed by atoms with Gasteiger partial charge in [-0.1, -0.05) is 36.4 Å². The van der Waals surface area contributed by atoms with E-state index in [4.69, 9.17) is 10.2 Å². The summed E-state index contributed by atoms with van der Waals surface area (Å²) in [6.45, 7) is 1.66. The molecule has 92 valence electrons. The van der Waals surface area contributed by atoms with Crippen LogP contribution in [0.5, 0.6) is 0 Å². The number of hydrogen-bond donors (Lipinski definition) is 2. The smallest absolute Gasteiger partial charge is 0.327 e. The monoisotopic (exact) mass is 236 g/mol. The summed E-state index contributed by atoms with van der Waals surface area (Å²) in [5, 5.41) is 16.2. The molecule has 0 bridgehead atoms. The van der Waals surface area contributed by atoms with Crippen LogP contribution in [0.15, 0.2) is 42.5 Å². The predicted molar refractivity (Wildman–Crippen MR) is 64.8 cm³/mol. The highest BCUT2D eigenvalue weighted by Crippen LogP contribution is 2.01. The number of aliphatic carboxylic acids is 2. The number of carbonyl (C=O) groups is 2. The zero-order valence-corrected chi connectivity index (χ0v) is 9.67. The Morgan fingerprint density at radius 1 is 1.18 bits per heavy atom. The lowest BCUT2D eigenvalue weighted by molar-refractivity contribution is -0.137. The summed E-state index contributed by atoms with van der Waals surface area (Å²) in [5.74, 6) is -1.63. The van der Waals surface area contributed by atoms with Crippen LogP contribution in [0.4, 0.5) is 0 Å². The van der Waals surface area contributed by atoms with Crippen molar-refractivity contribution in [3.63, 3.8) is 0 Å². The van der Waals surface area contributed by atoms with Gasteiger partial charge in [0.05, 0.1) is 0 Å². The maximum Gasteiger partial charge on any atom is 0.327 e. The second kappa shape index (κ2) is 9.15. The minimum atomic E-state index is -0.891. The summed E-state index contributed by atoms with van der Waals surface area (Å²) >= 11 is 0. The molecule has 4 heteroatoms. The van der Waals surface area contributed by atoms with Gasteiger partial charge in [0.15, 0.2) is 0 Å². The standard InChI is InChI=1S/C9H10O2.C4H6O2/c10-9(11)7-6-8-4-2-1-3-5-8;1-2-3-4(5)6/h1-5H,6-7H2,(H,10,11);2-3H,1H3,(H,5,6).